The quantitative estimate of drug-likeness (QED) is 0.763. The molecule has 0 N–H and O–H groups in total. The summed E-state index contributed by atoms with van der Waals surface area (Å²) in [6.45, 7) is 0.740. The van der Waals surface area contributed by atoms with Gasteiger partial charge in [-0.25, -0.2) is 0 Å². The molecule has 1 aliphatic heterocycles. The topological polar surface area (TPSA) is 26.3 Å². The van der Waals surface area contributed by atoms with Crippen LogP contribution in [0.2, 0.25) is 0 Å². The van der Waals surface area contributed by atoms with Crippen LogP contribution in [-0.2, 0) is 4.74 Å². The van der Waals surface area contributed by atoms with E-state index < -0.39 is 0 Å². The molecule has 0 radical (unpaired) electrons. The summed E-state index contributed by atoms with van der Waals surface area (Å²) in [7, 11) is 0. The van der Waals surface area contributed by atoms with Crippen LogP contribution < -0.4 is 0 Å². The lowest BCUT2D eigenvalue weighted by atomic mass is 9.70. The fraction of sp³-hybridized carbons (Fsp3) is 0.421. The summed E-state index contributed by atoms with van der Waals surface area (Å²) < 4.78 is 5.94. The molecule has 1 unspecified atom stereocenters. The third-order valence-corrected chi connectivity index (χ3v) is 5.16. The number of hydrogen-bond acceptors (Lipinski definition) is 2. The predicted octanol–water partition coefficient (Wildman–Crippen LogP) is 4.37. The van der Waals surface area contributed by atoms with Crippen molar-refractivity contribution < 1.29 is 9.53 Å². The first kappa shape index (κ1) is 13.0. The van der Waals surface area contributed by atoms with Crippen LogP contribution in [0.3, 0.4) is 0 Å². The normalized spacial score (nSPS) is 23.9. The Bertz CT molecular complexity index is 685. The van der Waals surface area contributed by atoms with Crippen molar-refractivity contribution in [2.75, 3.05) is 6.61 Å². The molecular weight excluding hydrogens is 260 g/mol. The minimum absolute atomic E-state index is 0.0371. The average Bonchev–Trinajstić information content (AvgIpc) is 2.52. The number of ketones is 1. The molecule has 2 aliphatic rings. The number of carbonyl (C=O) groups excluding carboxylic acids is 1. The highest BCUT2D eigenvalue weighted by atomic mass is 16.5. The third kappa shape index (κ3) is 2.28. The van der Waals surface area contributed by atoms with E-state index in [1.165, 1.54) is 11.8 Å². The van der Waals surface area contributed by atoms with Crippen LogP contribution in [0, 0.1) is 5.92 Å². The first-order chi connectivity index (χ1) is 10.3. The lowest BCUT2D eigenvalue weighted by Crippen LogP contribution is -2.47. The first-order valence-corrected chi connectivity index (χ1v) is 7.93. The van der Waals surface area contributed by atoms with E-state index >= 15 is 0 Å². The third-order valence-electron chi connectivity index (χ3n) is 5.16. The Morgan fingerprint density at radius 1 is 1.10 bits per heavy atom. The zero-order valence-corrected chi connectivity index (χ0v) is 12.2. The summed E-state index contributed by atoms with van der Waals surface area (Å²) in [5.74, 6) is 0.440. The number of ether oxygens (including phenoxy) is 1. The van der Waals surface area contributed by atoms with Gasteiger partial charge in [0.1, 0.15) is 0 Å². The highest BCUT2D eigenvalue weighted by molar-refractivity contribution is 6.01. The molecule has 1 saturated carbocycles. The largest absolute Gasteiger partial charge is 0.375 e. The molecule has 1 heterocycles. The van der Waals surface area contributed by atoms with Gasteiger partial charge < -0.3 is 4.74 Å². The van der Waals surface area contributed by atoms with Crippen molar-refractivity contribution in [3.63, 3.8) is 0 Å². The van der Waals surface area contributed by atoms with E-state index in [0.29, 0.717) is 5.78 Å². The maximum absolute atomic E-state index is 12.8. The average molecular weight is 280 g/mol. The van der Waals surface area contributed by atoms with Gasteiger partial charge in [0.25, 0.3) is 0 Å². The van der Waals surface area contributed by atoms with Crippen molar-refractivity contribution in [3.8, 4) is 0 Å². The maximum Gasteiger partial charge on any atom is 0.166 e. The van der Waals surface area contributed by atoms with E-state index in [1.807, 2.05) is 24.3 Å². The highest BCUT2D eigenvalue weighted by Crippen LogP contribution is 2.44. The molecule has 2 heteroatoms. The van der Waals surface area contributed by atoms with E-state index in [2.05, 4.69) is 18.2 Å². The summed E-state index contributed by atoms with van der Waals surface area (Å²) in [4.78, 5) is 12.8. The Morgan fingerprint density at radius 3 is 2.67 bits per heavy atom. The molecule has 2 aromatic rings. The van der Waals surface area contributed by atoms with E-state index in [1.54, 1.807) is 0 Å². The number of Topliss-reactive ketones (excluding diaryl/α,β-unsaturated/α-hetero) is 1. The molecule has 0 amide bonds. The molecule has 21 heavy (non-hydrogen) atoms. The lowest BCUT2D eigenvalue weighted by molar-refractivity contribution is -0.137. The molecule has 0 bridgehead atoms. The molecule has 1 spiro atoms. The minimum Gasteiger partial charge on any atom is -0.375 e. The Labute approximate surface area is 125 Å². The maximum atomic E-state index is 12.8. The van der Waals surface area contributed by atoms with E-state index in [0.717, 1.165) is 43.2 Å². The van der Waals surface area contributed by atoms with Crippen LogP contribution in [0.25, 0.3) is 10.8 Å². The number of hydrogen-bond donors (Lipinski definition) is 0. The first-order valence-electron chi connectivity index (χ1n) is 7.93. The Morgan fingerprint density at radius 2 is 1.90 bits per heavy atom. The van der Waals surface area contributed by atoms with Gasteiger partial charge in [0.15, 0.2) is 5.78 Å². The molecule has 108 valence electrons. The van der Waals surface area contributed by atoms with Crippen molar-refractivity contribution in [1.29, 1.82) is 0 Å². The van der Waals surface area contributed by atoms with Crippen LogP contribution in [0.5, 0.6) is 0 Å². The van der Waals surface area contributed by atoms with Gasteiger partial charge >= 0.3 is 0 Å². The second kappa shape index (κ2) is 4.96. The summed E-state index contributed by atoms with van der Waals surface area (Å²) in [6, 6.07) is 14.3. The molecule has 2 fully saturated rings. The summed E-state index contributed by atoms with van der Waals surface area (Å²) in [5, 5.41) is 2.34. The molecule has 1 atom stereocenters. The second-order valence-corrected chi connectivity index (χ2v) is 6.50. The highest BCUT2D eigenvalue weighted by Gasteiger charge is 2.44. The van der Waals surface area contributed by atoms with Crippen LogP contribution in [0.15, 0.2) is 42.5 Å². The number of benzene rings is 2. The van der Waals surface area contributed by atoms with E-state index in [9.17, 15) is 4.79 Å². The van der Waals surface area contributed by atoms with Crippen molar-refractivity contribution >= 4 is 16.6 Å². The molecule has 1 saturated heterocycles. The van der Waals surface area contributed by atoms with Crippen LogP contribution in [-0.4, -0.2) is 18.0 Å². The van der Waals surface area contributed by atoms with Crippen LogP contribution >= 0.6 is 0 Å². The van der Waals surface area contributed by atoms with E-state index in [4.69, 9.17) is 4.74 Å². The zero-order chi connectivity index (χ0) is 14.3. The van der Waals surface area contributed by atoms with Crippen molar-refractivity contribution in [1.82, 2.24) is 0 Å². The van der Waals surface area contributed by atoms with Crippen molar-refractivity contribution in [3.05, 3.63) is 48.0 Å². The van der Waals surface area contributed by atoms with Gasteiger partial charge in [0.05, 0.1) is 5.60 Å². The molecular formula is C19H20O2. The monoisotopic (exact) mass is 280 g/mol. The Kier molecular flexibility index (Phi) is 3.07. The summed E-state index contributed by atoms with van der Waals surface area (Å²) in [5.41, 5.74) is 0.894. The molecule has 0 aromatic heterocycles. The smallest absolute Gasteiger partial charge is 0.166 e. The van der Waals surface area contributed by atoms with E-state index in [-0.39, 0.29) is 11.5 Å². The van der Waals surface area contributed by atoms with Crippen molar-refractivity contribution in [2.24, 2.45) is 5.92 Å². The number of fused-ring (bicyclic) bond motifs is 1. The SMILES string of the molecule is O=C(c1ccc2ccccc2c1)C1CCOC2(CCC2)C1. The molecule has 2 aromatic carbocycles. The fourth-order valence-electron chi connectivity index (χ4n) is 3.75. The molecule has 2 nitrogen and oxygen atoms in total. The summed E-state index contributed by atoms with van der Waals surface area (Å²) in [6.07, 6.45) is 5.30. The van der Waals surface area contributed by atoms with Gasteiger partial charge in [-0.2, -0.15) is 0 Å². The van der Waals surface area contributed by atoms with Gasteiger partial charge in [-0.3, -0.25) is 4.79 Å². The van der Waals surface area contributed by atoms with Gasteiger partial charge in [0, 0.05) is 18.1 Å². The second-order valence-electron chi connectivity index (χ2n) is 6.50. The van der Waals surface area contributed by atoms with Crippen LogP contribution in [0.1, 0.15) is 42.5 Å². The van der Waals surface area contributed by atoms with Crippen molar-refractivity contribution in [2.45, 2.75) is 37.7 Å². The van der Waals surface area contributed by atoms with Gasteiger partial charge in [-0.15, -0.1) is 0 Å². The number of rotatable bonds is 2. The summed E-state index contributed by atoms with van der Waals surface area (Å²) >= 11 is 0. The standard InChI is InChI=1S/C19H20O2/c20-18(17-8-11-21-19(13-17)9-3-10-19)16-7-6-14-4-1-2-5-15(14)12-16/h1-2,4-7,12,17H,3,8-11,13H2. The van der Waals surface area contributed by atoms with Gasteiger partial charge in [0.2, 0.25) is 0 Å². The molecule has 1 aliphatic carbocycles. The zero-order valence-electron chi connectivity index (χ0n) is 12.2. The fourth-order valence-corrected chi connectivity index (χ4v) is 3.75. The van der Waals surface area contributed by atoms with Gasteiger partial charge in [-0.1, -0.05) is 36.4 Å². The molecule has 4 rings (SSSR count). The lowest BCUT2D eigenvalue weighted by Gasteiger charge is -2.46. The van der Waals surface area contributed by atoms with Gasteiger partial charge in [-0.05, 0) is 48.9 Å². The minimum atomic E-state index is 0.0371. The Balaban J connectivity index is 1.60. The Hall–Kier alpha value is -1.67. The van der Waals surface area contributed by atoms with Crippen LogP contribution in [0.4, 0.5) is 0 Å². The predicted molar refractivity (Wildman–Crippen MR) is 83.5 cm³/mol. The number of carbonyl (C=O) groups is 1.